The van der Waals surface area contributed by atoms with Crippen LogP contribution < -0.4 is 10.0 Å². The molecular weight excluding hydrogens is 343 g/mol. The number of aliphatic hydroxyl groups is 1. The minimum absolute atomic E-state index is 0.00881. The average Bonchev–Trinajstić information content (AvgIpc) is 3.03. The Morgan fingerprint density at radius 3 is 2.68 bits per heavy atom. The fourth-order valence-corrected chi connectivity index (χ4v) is 3.79. The highest BCUT2D eigenvalue weighted by Crippen LogP contribution is 2.33. The zero-order chi connectivity index (χ0) is 18.0. The number of hydrogen-bond acceptors (Lipinski definition) is 4. The Labute approximate surface area is 146 Å². The summed E-state index contributed by atoms with van der Waals surface area (Å²) in [5, 5.41) is 13.9. The summed E-state index contributed by atoms with van der Waals surface area (Å²) in [6, 6.07) is 13.0. The zero-order valence-electron chi connectivity index (χ0n) is 13.8. The molecule has 0 bridgehead atoms. The summed E-state index contributed by atoms with van der Waals surface area (Å²) in [7, 11) is -3.33. The Morgan fingerprint density at radius 2 is 1.96 bits per heavy atom. The molecule has 2 aromatic rings. The molecule has 25 heavy (non-hydrogen) atoms. The maximum atomic E-state index is 13.3. The van der Waals surface area contributed by atoms with Gasteiger partial charge in [-0.25, -0.2) is 12.8 Å². The highest BCUT2D eigenvalue weighted by atomic mass is 32.2. The van der Waals surface area contributed by atoms with Crippen LogP contribution in [0.15, 0.2) is 48.5 Å². The highest BCUT2D eigenvalue weighted by molar-refractivity contribution is 7.92. The van der Waals surface area contributed by atoms with Gasteiger partial charge in [-0.15, -0.1) is 0 Å². The third kappa shape index (κ3) is 4.56. The van der Waals surface area contributed by atoms with Gasteiger partial charge >= 0.3 is 0 Å². The highest BCUT2D eigenvalue weighted by Gasteiger charge is 2.31. The lowest BCUT2D eigenvalue weighted by molar-refractivity contribution is 0.135. The maximum Gasteiger partial charge on any atom is 0.229 e. The van der Waals surface area contributed by atoms with Crippen LogP contribution in [0.25, 0.3) is 0 Å². The molecule has 3 rings (SSSR count). The number of rotatable bonds is 5. The quantitative estimate of drug-likeness (QED) is 0.762. The van der Waals surface area contributed by atoms with E-state index in [-0.39, 0.29) is 17.9 Å². The number of halogens is 1. The van der Waals surface area contributed by atoms with Crippen molar-refractivity contribution in [3.63, 3.8) is 0 Å². The van der Waals surface area contributed by atoms with Gasteiger partial charge in [-0.2, -0.15) is 0 Å². The Balaban J connectivity index is 1.71. The summed E-state index contributed by atoms with van der Waals surface area (Å²) < 4.78 is 38.5. The van der Waals surface area contributed by atoms with Gasteiger partial charge in [0.05, 0.1) is 12.4 Å². The standard InChI is InChI=1S/C18H21FN2O3S/c1-25(23,24)21-15-7-3-4-12(11-15)16-8-9-17(20-16)18(22)13-5-2-6-14(19)10-13/h2-7,10-11,16-18,20-22H,8-9H2,1H3/t16-,17-,18-/m1/s1. The lowest BCUT2D eigenvalue weighted by Crippen LogP contribution is -2.30. The van der Waals surface area contributed by atoms with Crippen LogP contribution in [0.1, 0.15) is 36.1 Å². The first-order chi connectivity index (χ1) is 11.8. The van der Waals surface area contributed by atoms with E-state index in [1.54, 1.807) is 30.3 Å². The van der Waals surface area contributed by atoms with E-state index in [2.05, 4.69) is 10.0 Å². The molecule has 5 nitrogen and oxygen atoms in total. The van der Waals surface area contributed by atoms with Gasteiger partial charge in [-0.1, -0.05) is 24.3 Å². The van der Waals surface area contributed by atoms with Gasteiger partial charge in [0.15, 0.2) is 0 Å². The zero-order valence-corrected chi connectivity index (χ0v) is 14.6. The van der Waals surface area contributed by atoms with Crippen LogP contribution in [0.4, 0.5) is 10.1 Å². The van der Waals surface area contributed by atoms with Crippen molar-refractivity contribution in [1.82, 2.24) is 5.32 Å². The maximum absolute atomic E-state index is 13.3. The van der Waals surface area contributed by atoms with Gasteiger partial charge < -0.3 is 10.4 Å². The fraction of sp³-hybridized carbons (Fsp3) is 0.333. The first-order valence-electron chi connectivity index (χ1n) is 8.09. The molecule has 1 saturated heterocycles. The molecule has 2 aromatic carbocycles. The molecule has 7 heteroatoms. The Hall–Kier alpha value is -1.96. The van der Waals surface area contributed by atoms with E-state index in [4.69, 9.17) is 0 Å². The molecule has 0 saturated carbocycles. The Morgan fingerprint density at radius 1 is 1.20 bits per heavy atom. The van der Waals surface area contributed by atoms with Crippen LogP contribution in [-0.4, -0.2) is 25.8 Å². The second-order valence-corrected chi connectivity index (χ2v) is 8.15. The van der Waals surface area contributed by atoms with Crippen LogP contribution in [0.5, 0.6) is 0 Å². The molecule has 1 fully saturated rings. The minimum atomic E-state index is -3.33. The summed E-state index contributed by atoms with van der Waals surface area (Å²) >= 11 is 0. The van der Waals surface area contributed by atoms with Crippen LogP contribution in [-0.2, 0) is 10.0 Å². The number of aliphatic hydroxyl groups excluding tert-OH is 1. The summed E-state index contributed by atoms with van der Waals surface area (Å²) in [6.07, 6.45) is 1.86. The molecule has 0 radical (unpaired) electrons. The van der Waals surface area contributed by atoms with E-state index in [0.29, 0.717) is 11.3 Å². The van der Waals surface area contributed by atoms with Crippen LogP contribution in [0.3, 0.4) is 0 Å². The number of anilines is 1. The second-order valence-electron chi connectivity index (χ2n) is 6.40. The SMILES string of the molecule is CS(=O)(=O)Nc1cccc([C@H]2CC[C@H]([C@H](O)c3cccc(F)c3)N2)c1. The summed E-state index contributed by atoms with van der Waals surface area (Å²) in [5.41, 5.74) is 2.00. The van der Waals surface area contributed by atoms with Crippen molar-refractivity contribution >= 4 is 15.7 Å². The van der Waals surface area contributed by atoms with Crippen LogP contribution >= 0.6 is 0 Å². The van der Waals surface area contributed by atoms with E-state index in [1.165, 1.54) is 12.1 Å². The van der Waals surface area contributed by atoms with Gasteiger partial charge in [0.1, 0.15) is 5.82 Å². The van der Waals surface area contributed by atoms with Crippen molar-refractivity contribution in [1.29, 1.82) is 0 Å². The monoisotopic (exact) mass is 364 g/mol. The van der Waals surface area contributed by atoms with Gasteiger partial charge in [0, 0.05) is 17.8 Å². The van der Waals surface area contributed by atoms with E-state index in [1.807, 2.05) is 6.07 Å². The molecule has 3 atom stereocenters. The summed E-state index contributed by atoms with van der Waals surface area (Å²) in [5.74, 6) is -0.370. The van der Waals surface area contributed by atoms with Crippen molar-refractivity contribution in [2.75, 3.05) is 11.0 Å². The fourth-order valence-electron chi connectivity index (χ4n) is 3.24. The van der Waals surface area contributed by atoms with E-state index in [9.17, 15) is 17.9 Å². The molecule has 0 spiro atoms. The molecule has 0 amide bonds. The lowest BCUT2D eigenvalue weighted by Gasteiger charge is -2.21. The van der Waals surface area contributed by atoms with Crippen LogP contribution in [0.2, 0.25) is 0 Å². The van der Waals surface area contributed by atoms with Crippen molar-refractivity contribution in [3.05, 3.63) is 65.5 Å². The van der Waals surface area contributed by atoms with Crippen molar-refractivity contribution in [2.24, 2.45) is 0 Å². The Bertz CT molecular complexity index is 857. The topological polar surface area (TPSA) is 78.4 Å². The van der Waals surface area contributed by atoms with E-state index in [0.717, 1.165) is 24.7 Å². The number of nitrogens with one attached hydrogen (secondary N) is 2. The van der Waals surface area contributed by atoms with Crippen LogP contribution in [0, 0.1) is 5.82 Å². The van der Waals surface area contributed by atoms with Gasteiger partial charge in [-0.3, -0.25) is 4.72 Å². The van der Waals surface area contributed by atoms with Crippen molar-refractivity contribution < 1.29 is 17.9 Å². The summed E-state index contributed by atoms with van der Waals surface area (Å²) in [4.78, 5) is 0. The first kappa shape index (κ1) is 17.8. The molecule has 1 aliphatic heterocycles. The predicted octanol–water partition coefficient (Wildman–Crippen LogP) is 2.72. The smallest absolute Gasteiger partial charge is 0.229 e. The van der Waals surface area contributed by atoms with Gasteiger partial charge in [0.2, 0.25) is 10.0 Å². The summed E-state index contributed by atoms with van der Waals surface area (Å²) in [6.45, 7) is 0. The third-order valence-electron chi connectivity index (χ3n) is 4.35. The van der Waals surface area contributed by atoms with Gasteiger partial charge in [-0.05, 0) is 48.2 Å². The minimum Gasteiger partial charge on any atom is -0.387 e. The Kier molecular flexibility index (Phi) is 5.08. The van der Waals surface area contributed by atoms with E-state index >= 15 is 0 Å². The van der Waals surface area contributed by atoms with E-state index < -0.39 is 16.1 Å². The average molecular weight is 364 g/mol. The number of benzene rings is 2. The molecule has 0 aromatic heterocycles. The third-order valence-corrected chi connectivity index (χ3v) is 4.95. The largest absolute Gasteiger partial charge is 0.387 e. The molecule has 1 heterocycles. The normalized spacial score (nSPS) is 21.9. The molecule has 134 valence electrons. The molecule has 1 aliphatic rings. The van der Waals surface area contributed by atoms with Gasteiger partial charge in [0.25, 0.3) is 0 Å². The predicted molar refractivity (Wildman–Crippen MR) is 95.2 cm³/mol. The molecule has 3 N–H and O–H groups in total. The molecular formula is C18H21FN2O3S. The second kappa shape index (κ2) is 7.11. The molecule has 0 unspecified atom stereocenters. The lowest BCUT2D eigenvalue weighted by atomic mass is 10.0. The van der Waals surface area contributed by atoms with Crippen molar-refractivity contribution in [2.45, 2.75) is 31.0 Å². The first-order valence-corrected chi connectivity index (χ1v) is 9.98. The number of sulfonamides is 1. The van der Waals surface area contributed by atoms with Crippen molar-refractivity contribution in [3.8, 4) is 0 Å². The molecule has 0 aliphatic carbocycles. The number of hydrogen-bond donors (Lipinski definition) is 3.